The van der Waals surface area contributed by atoms with Gasteiger partial charge in [0.15, 0.2) is 0 Å². The topological polar surface area (TPSA) is 38.7 Å². The van der Waals surface area contributed by atoms with E-state index >= 15 is 0 Å². The maximum atomic E-state index is 10.0. The lowest BCUT2D eigenvalue weighted by molar-refractivity contribution is -0.164. The van der Waals surface area contributed by atoms with E-state index in [0.29, 0.717) is 26.2 Å². The molecule has 0 amide bonds. The summed E-state index contributed by atoms with van der Waals surface area (Å²) >= 11 is 0. The molecular weight excluding hydrogens is 180 g/mol. The molecule has 82 valence electrons. The molecule has 14 heavy (non-hydrogen) atoms. The zero-order valence-electron chi connectivity index (χ0n) is 8.87. The van der Waals surface area contributed by atoms with Crippen LogP contribution in [0.4, 0.5) is 0 Å². The predicted octanol–water partition coefficient (Wildman–Crippen LogP) is 1.51. The Morgan fingerprint density at radius 1 is 1.57 bits per heavy atom. The molecule has 1 heterocycles. The maximum Gasteiger partial charge on any atom is 0.0986 e. The summed E-state index contributed by atoms with van der Waals surface area (Å²) in [6.07, 6.45) is 3.41. The van der Waals surface area contributed by atoms with Gasteiger partial charge in [-0.25, -0.2) is 0 Å². The van der Waals surface area contributed by atoms with Crippen molar-refractivity contribution >= 4 is 0 Å². The van der Waals surface area contributed by atoms with E-state index < -0.39 is 11.7 Å². The standard InChI is InChI=1S/C11H20O3/c1-3-5-10(12)11(14-4-2)6-8-13-9-7-11/h3,10,12H,1,4-9H2,2H3. The fourth-order valence-electron chi connectivity index (χ4n) is 1.95. The molecule has 0 aliphatic carbocycles. The van der Waals surface area contributed by atoms with E-state index in [9.17, 15) is 5.11 Å². The third-order valence-corrected chi connectivity index (χ3v) is 2.77. The van der Waals surface area contributed by atoms with Gasteiger partial charge in [-0.2, -0.15) is 0 Å². The second kappa shape index (κ2) is 5.49. The average Bonchev–Trinajstić information content (AvgIpc) is 2.20. The van der Waals surface area contributed by atoms with Crippen molar-refractivity contribution in [3.63, 3.8) is 0 Å². The lowest BCUT2D eigenvalue weighted by Crippen LogP contribution is -2.49. The van der Waals surface area contributed by atoms with Gasteiger partial charge in [-0.1, -0.05) is 6.08 Å². The van der Waals surface area contributed by atoms with E-state index in [1.165, 1.54) is 0 Å². The molecule has 3 nitrogen and oxygen atoms in total. The molecule has 3 heteroatoms. The molecule has 1 rings (SSSR count). The van der Waals surface area contributed by atoms with Gasteiger partial charge in [-0.3, -0.25) is 0 Å². The fraction of sp³-hybridized carbons (Fsp3) is 0.818. The monoisotopic (exact) mass is 200 g/mol. The highest BCUT2D eigenvalue weighted by molar-refractivity contribution is 4.93. The number of ether oxygens (including phenoxy) is 2. The zero-order chi connectivity index (χ0) is 10.4. The Bertz CT molecular complexity index is 168. The molecule has 1 N–H and O–H groups in total. The Kier molecular flexibility index (Phi) is 4.58. The van der Waals surface area contributed by atoms with Gasteiger partial charge in [0.1, 0.15) is 0 Å². The summed E-state index contributed by atoms with van der Waals surface area (Å²) in [4.78, 5) is 0. The summed E-state index contributed by atoms with van der Waals surface area (Å²) in [5.74, 6) is 0. The average molecular weight is 200 g/mol. The van der Waals surface area contributed by atoms with Crippen LogP contribution >= 0.6 is 0 Å². The normalized spacial score (nSPS) is 23.0. The Morgan fingerprint density at radius 3 is 2.71 bits per heavy atom. The quantitative estimate of drug-likeness (QED) is 0.684. The summed E-state index contributed by atoms with van der Waals surface area (Å²) < 4.78 is 11.0. The molecule has 0 aromatic heterocycles. The highest BCUT2D eigenvalue weighted by Gasteiger charge is 2.39. The van der Waals surface area contributed by atoms with Gasteiger partial charge >= 0.3 is 0 Å². The van der Waals surface area contributed by atoms with Crippen LogP contribution in [0.5, 0.6) is 0 Å². The van der Waals surface area contributed by atoms with Crippen LogP contribution in [0.15, 0.2) is 12.7 Å². The van der Waals surface area contributed by atoms with Crippen molar-refractivity contribution in [3.8, 4) is 0 Å². The van der Waals surface area contributed by atoms with E-state index in [1.807, 2.05) is 6.92 Å². The van der Waals surface area contributed by atoms with E-state index in [-0.39, 0.29) is 0 Å². The molecule has 0 radical (unpaired) electrons. The van der Waals surface area contributed by atoms with E-state index in [1.54, 1.807) is 6.08 Å². The minimum absolute atomic E-state index is 0.402. The van der Waals surface area contributed by atoms with E-state index in [0.717, 1.165) is 12.8 Å². The smallest absolute Gasteiger partial charge is 0.0986 e. The summed E-state index contributed by atoms with van der Waals surface area (Å²) in [5.41, 5.74) is -0.402. The summed E-state index contributed by atoms with van der Waals surface area (Å²) in [6, 6.07) is 0. The van der Waals surface area contributed by atoms with Crippen molar-refractivity contribution < 1.29 is 14.6 Å². The molecule has 0 bridgehead atoms. The maximum absolute atomic E-state index is 10.0. The summed E-state index contributed by atoms with van der Waals surface area (Å²) in [5, 5.41) is 10.0. The SMILES string of the molecule is C=CCC(O)C1(OCC)CCOCC1. The van der Waals surface area contributed by atoms with Crippen LogP contribution in [0.3, 0.4) is 0 Å². The Hall–Kier alpha value is -0.380. The first-order chi connectivity index (χ1) is 6.75. The van der Waals surface area contributed by atoms with Gasteiger partial charge in [0.05, 0.1) is 11.7 Å². The molecule has 1 fully saturated rings. The molecular formula is C11H20O3. The Morgan fingerprint density at radius 2 is 2.21 bits per heavy atom. The van der Waals surface area contributed by atoms with Gasteiger partial charge in [0, 0.05) is 32.7 Å². The van der Waals surface area contributed by atoms with E-state index in [4.69, 9.17) is 9.47 Å². The molecule has 1 aliphatic rings. The first-order valence-electron chi connectivity index (χ1n) is 5.26. The number of rotatable bonds is 5. The van der Waals surface area contributed by atoms with Crippen LogP contribution in [0.2, 0.25) is 0 Å². The van der Waals surface area contributed by atoms with Crippen LogP contribution in [-0.2, 0) is 9.47 Å². The highest BCUT2D eigenvalue weighted by atomic mass is 16.5. The fourth-order valence-corrected chi connectivity index (χ4v) is 1.95. The van der Waals surface area contributed by atoms with Gasteiger partial charge in [-0.15, -0.1) is 6.58 Å². The minimum atomic E-state index is -0.455. The zero-order valence-corrected chi connectivity index (χ0v) is 8.87. The van der Waals surface area contributed by atoms with Gasteiger partial charge < -0.3 is 14.6 Å². The highest BCUT2D eigenvalue weighted by Crippen LogP contribution is 2.30. The van der Waals surface area contributed by atoms with Crippen molar-refractivity contribution in [2.75, 3.05) is 19.8 Å². The van der Waals surface area contributed by atoms with Crippen molar-refractivity contribution in [3.05, 3.63) is 12.7 Å². The molecule has 1 unspecified atom stereocenters. The van der Waals surface area contributed by atoms with Crippen LogP contribution in [0, 0.1) is 0 Å². The van der Waals surface area contributed by atoms with Crippen LogP contribution in [0.25, 0.3) is 0 Å². The third kappa shape index (κ3) is 2.56. The van der Waals surface area contributed by atoms with Crippen LogP contribution in [0.1, 0.15) is 26.2 Å². The lowest BCUT2D eigenvalue weighted by Gasteiger charge is -2.40. The van der Waals surface area contributed by atoms with Gasteiger partial charge in [0.25, 0.3) is 0 Å². The van der Waals surface area contributed by atoms with Gasteiger partial charge in [-0.05, 0) is 13.3 Å². The Labute approximate surface area is 85.7 Å². The van der Waals surface area contributed by atoms with Crippen molar-refractivity contribution in [2.24, 2.45) is 0 Å². The molecule has 0 aromatic carbocycles. The minimum Gasteiger partial charge on any atom is -0.390 e. The molecule has 1 saturated heterocycles. The van der Waals surface area contributed by atoms with Crippen LogP contribution < -0.4 is 0 Å². The first-order valence-corrected chi connectivity index (χ1v) is 5.26. The van der Waals surface area contributed by atoms with E-state index in [2.05, 4.69) is 6.58 Å². The first kappa shape index (κ1) is 11.7. The van der Waals surface area contributed by atoms with Crippen molar-refractivity contribution in [1.29, 1.82) is 0 Å². The summed E-state index contributed by atoms with van der Waals surface area (Å²) in [7, 11) is 0. The molecule has 0 aromatic rings. The second-order valence-electron chi connectivity index (χ2n) is 3.65. The molecule has 0 saturated carbocycles. The number of aliphatic hydroxyl groups excluding tert-OH is 1. The second-order valence-corrected chi connectivity index (χ2v) is 3.65. The molecule has 1 atom stereocenters. The predicted molar refractivity (Wildman–Crippen MR) is 55.2 cm³/mol. The summed E-state index contributed by atoms with van der Waals surface area (Å²) in [6.45, 7) is 7.58. The van der Waals surface area contributed by atoms with Crippen molar-refractivity contribution in [2.45, 2.75) is 37.9 Å². The number of aliphatic hydroxyl groups is 1. The number of hydrogen-bond donors (Lipinski definition) is 1. The molecule has 1 aliphatic heterocycles. The van der Waals surface area contributed by atoms with Crippen molar-refractivity contribution in [1.82, 2.24) is 0 Å². The number of hydrogen-bond acceptors (Lipinski definition) is 3. The van der Waals surface area contributed by atoms with Gasteiger partial charge in [0.2, 0.25) is 0 Å². The third-order valence-electron chi connectivity index (χ3n) is 2.77. The Balaban J connectivity index is 2.62. The molecule has 0 spiro atoms. The van der Waals surface area contributed by atoms with Crippen LogP contribution in [-0.4, -0.2) is 36.6 Å². The largest absolute Gasteiger partial charge is 0.390 e. The lowest BCUT2D eigenvalue weighted by atomic mass is 9.86.